The molecule has 0 aliphatic carbocycles. The Labute approximate surface area is 150 Å². The number of carbonyl (C=O) groups is 1. The van der Waals surface area contributed by atoms with Gasteiger partial charge in [0.25, 0.3) is 0 Å². The van der Waals surface area contributed by atoms with Crippen molar-refractivity contribution < 1.29 is 9.90 Å². The molecule has 2 aromatic carbocycles. The molecule has 132 valence electrons. The highest BCUT2D eigenvalue weighted by Gasteiger charge is 2.19. The quantitative estimate of drug-likeness (QED) is 0.814. The Balaban J connectivity index is 1.57. The summed E-state index contributed by atoms with van der Waals surface area (Å²) in [4.78, 5) is 13.2. The van der Waals surface area contributed by atoms with Crippen LogP contribution in [0.25, 0.3) is 11.1 Å². The largest absolute Gasteiger partial charge is 0.481 e. The van der Waals surface area contributed by atoms with E-state index in [9.17, 15) is 4.79 Å². The molecule has 1 fully saturated rings. The highest BCUT2D eigenvalue weighted by atomic mass is 16.4. The molecule has 1 N–H and O–H groups in total. The van der Waals surface area contributed by atoms with E-state index in [2.05, 4.69) is 48.2 Å². The van der Waals surface area contributed by atoms with E-state index in [1.54, 1.807) is 0 Å². The molecule has 0 bridgehead atoms. The number of aryl methyl sites for hydroxylation is 1. The monoisotopic (exact) mass is 337 g/mol. The van der Waals surface area contributed by atoms with Gasteiger partial charge >= 0.3 is 5.97 Å². The smallest absolute Gasteiger partial charge is 0.303 e. The number of nitrogens with zero attached hydrogens (tertiary/aromatic N) is 1. The molecule has 0 spiro atoms. The normalized spacial score (nSPS) is 17.7. The molecule has 1 aliphatic rings. The summed E-state index contributed by atoms with van der Waals surface area (Å²) in [5, 5.41) is 8.76. The second-order valence-electron chi connectivity index (χ2n) is 7.06. The zero-order valence-corrected chi connectivity index (χ0v) is 14.9. The molecule has 1 unspecified atom stereocenters. The lowest BCUT2D eigenvalue weighted by molar-refractivity contribution is -0.136. The number of rotatable bonds is 7. The molecule has 0 amide bonds. The lowest BCUT2D eigenvalue weighted by Gasteiger charge is -2.20. The first kappa shape index (κ1) is 17.7. The first-order valence-corrected chi connectivity index (χ1v) is 9.26. The van der Waals surface area contributed by atoms with Gasteiger partial charge in [0.05, 0.1) is 0 Å². The van der Waals surface area contributed by atoms with Crippen LogP contribution < -0.4 is 0 Å². The Morgan fingerprint density at radius 3 is 2.04 bits per heavy atom. The molecular formula is C22H27NO2. The van der Waals surface area contributed by atoms with Crippen LogP contribution in [0.3, 0.4) is 0 Å². The summed E-state index contributed by atoms with van der Waals surface area (Å²) in [7, 11) is 0. The summed E-state index contributed by atoms with van der Waals surface area (Å²) in [5.74, 6) is -0.747. The van der Waals surface area contributed by atoms with E-state index < -0.39 is 5.97 Å². The number of carboxylic acid groups (broad SMARTS) is 1. The third kappa shape index (κ3) is 4.93. The number of benzene rings is 2. The van der Waals surface area contributed by atoms with Crippen molar-refractivity contribution in [2.24, 2.45) is 0 Å². The zero-order chi connectivity index (χ0) is 17.6. The number of likely N-dealkylation sites (tertiary alicyclic amines) is 1. The summed E-state index contributed by atoms with van der Waals surface area (Å²) in [6, 6.07) is 17.8. The fraction of sp³-hybridized carbons (Fsp3) is 0.409. The Morgan fingerprint density at radius 2 is 1.56 bits per heavy atom. The first-order valence-electron chi connectivity index (χ1n) is 9.26. The SMILES string of the molecule is CC1CCCN1CCc1ccc(-c2ccc(CCC(=O)O)cc2)cc1. The van der Waals surface area contributed by atoms with Crippen LogP contribution >= 0.6 is 0 Å². The van der Waals surface area contributed by atoms with Crippen molar-refractivity contribution in [2.75, 3.05) is 13.1 Å². The topological polar surface area (TPSA) is 40.5 Å². The lowest BCUT2D eigenvalue weighted by atomic mass is 10.0. The Hall–Kier alpha value is -2.13. The van der Waals surface area contributed by atoms with Crippen molar-refractivity contribution in [3.05, 3.63) is 59.7 Å². The highest BCUT2D eigenvalue weighted by Crippen LogP contribution is 2.22. The maximum absolute atomic E-state index is 10.6. The summed E-state index contributed by atoms with van der Waals surface area (Å²) >= 11 is 0. The van der Waals surface area contributed by atoms with Gasteiger partial charge in [0.2, 0.25) is 0 Å². The summed E-state index contributed by atoms with van der Waals surface area (Å²) < 4.78 is 0. The maximum Gasteiger partial charge on any atom is 0.303 e. The number of aliphatic carboxylic acids is 1. The van der Waals surface area contributed by atoms with Crippen LogP contribution in [0.5, 0.6) is 0 Å². The van der Waals surface area contributed by atoms with Crippen LogP contribution in [-0.2, 0) is 17.6 Å². The Morgan fingerprint density at radius 1 is 1.00 bits per heavy atom. The van der Waals surface area contributed by atoms with Crippen LogP contribution in [0.1, 0.15) is 37.3 Å². The number of hydrogen-bond acceptors (Lipinski definition) is 2. The van der Waals surface area contributed by atoms with Gasteiger partial charge < -0.3 is 10.0 Å². The van der Waals surface area contributed by atoms with E-state index in [1.807, 2.05) is 12.1 Å². The highest BCUT2D eigenvalue weighted by molar-refractivity contribution is 5.67. The van der Waals surface area contributed by atoms with Crippen molar-refractivity contribution in [3.8, 4) is 11.1 Å². The van der Waals surface area contributed by atoms with Gasteiger partial charge in [-0.1, -0.05) is 48.5 Å². The van der Waals surface area contributed by atoms with Gasteiger partial charge in [-0.25, -0.2) is 0 Å². The molecule has 2 aromatic rings. The van der Waals surface area contributed by atoms with Crippen molar-refractivity contribution in [3.63, 3.8) is 0 Å². The molecular weight excluding hydrogens is 310 g/mol. The third-order valence-corrected chi connectivity index (χ3v) is 5.25. The van der Waals surface area contributed by atoms with Gasteiger partial charge in [0.1, 0.15) is 0 Å². The van der Waals surface area contributed by atoms with Crippen molar-refractivity contribution in [1.82, 2.24) is 4.90 Å². The second kappa shape index (κ2) is 8.30. The molecule has 3 heteroatoms. The molecule has 1 heterocycles. The van der Waals surface area contributed by atoms with Gasteiger partial charge in [-0.05, 0) is 61.4 Å². The maximum atomic E-state index is 10.6. The van der Waals surface area contributed by atoms with Crippen LogP contribution in [-0.4, -0.2) is 35.1 Å². The summed E-state index contributed by atoms with van der Waals surface area (Å²) in [6.07, 6.45) is 4.55. The Kier molecular flexibility index (Phi) is 5.87. The first-order chi connectivity index (χ1) is 12.1. The zero-order valence-electron chi connectivity index (χ0n) is 14.9. The molecule has 3 rings (SSSR count). The minimum Gasteiger partial charge on any atom is -0.481 e. The molecule has 1 aliphatic heterocycles. The standard InChI is InChI=1S/C22H27NO2/c1-17-3-2-15-23(17)16-14-19-6-11-21(12-7-19)20-9-4-18(5-10-20)8-13-22(24)25/h4-7,9-12,17H,2-3,8,13-16H2,1H3,(H,24,25). The summed E-state index contributed by atoms with van der Waals surface area (Å²) in [6.45, 7) is 4.72. The fourth-order valence-corrected chi connectivity index (χ4v) is 3.58. The van der Waals surface area contributed by atoms with Gasteiger partial charge in [-0.2, -0.15) is 0 Å². The second-order valence-corrected chi connectivity index (χ2v) is 7.06. The van der Waals surface area contributed by atoms with Crippen LogP contribution in [0, 0.1) is 0 Å². The predicted molar refractivity (Wildman–Crippen MR) is 102 cm³/mol. The van der Waals surface area contributed by atoms with Crippen LogP contribution in [0.2, 0.25) is 0 Å². The van der Waals surface area contributed by atoms with Crippen molar-refractivity contribution in [2.45, 2.75) is 45.1 Å². The Bertz CT molecular complexity index is 691. The van der Waals surface area contributed by atoms with E-state index in [0.29, 0.717) is 6.42 Å². The van der Waals surface area contributed by atoms with Gasteiger partial charge in [0.15, 0.2) is 0 Å². The van der Waals surface area contributed by atoms with Crippen molar-refractivity contribution in [1.29, 1.82) is 0 Å². The number of hydrogen-bond donors (Lipinski definition) is 1. The molecule has 0 radical (unpaired) electrons. The van der Waals surface area contributed by atoms with Gasteiger partial charge in [-0.15, -0.1) is 0 Å². The van der Waals surface area contributed by atoms with Crippen LogP contribution in [0.4, 0.5) is 0 Å². The summed E-state index contributed by atoms with van der Waals surface area (Å²) in [5.41, 5.74) is 4.85. The van der Waals surface area contributed by atoms with Gasteiger partial charge in [-0.3, -0.25) is 4.79 Å². The molecule has 1 atom stereocenters. The lowest BCUT2D eigenvalue weighted by Crippen LogP contribution is -2.28. The molecule has 0 saturated carbocycles. The average Bonchev–Trinajstić information content (AvgIpc) is 3.04. The average molecular weight is 337 g/mol. The van der Waals surface area contributed by atoms with E-state index in [-0.39, 0.29) is 6.42 Å². The predicted octanol–water partition coefficient (Wildman–Crippen LogP) is 4.40. The molecule has 0 aromatic heterocycles. The third-order valence-electron chi connectivity index (χ3n) is 5.25. The fourth-order valence-electron chi connectivity index (χ4n) is 3.58. The van der Waals surface area contributed by atoms with Crippen molar-refractivity contribution >= 4 is 5.97 Å². The van der Waals surface area contributed by atoms with Gasteiger partial charge in [0, 0.05) is 19.0 Å². The van der Waals surface area contributed by atoms with E-state index in [0.717, 1.165) is 24.6 Å². The minimum absolute atomic E-state index is 0.184. The van der Waals surface area contributed by atoms with Crippen LogP contribution in [0.15, 0.2) is 48.5 Å². The minimum atomic E-state index is -0.747. The number of carboxylic acids is 1. The van der Waals surface area contributed by atoms with E-state index >= 15 is 0 Å². The molecule has 25 heavy (non-hydrogen) atoms. The molecule has 1 saturated heterocycles. The van der Waals surface area contributed by atoms with E-state index in [1.165, 1.54) is 36.1 Å². The molecule has 3 nitrogen and oxygen atoms in total. The van der Waals surface area contributed by atoms with E-state index in [4.69, 9.17) is 5.11 Å².